The van der Waals surface area contributed by atoms with Gasteiger partial charge in [0, 0.05) is 0 Å². The molecular formula is C11H7N3O3. The number of imide groups is 2. The Morgan fingerprint density at radius 3 is 2.29 bits per heavy atom. The van der Waals surface area contributed by atoms with Gasteiger partial charge in [0.15, 0.2) is 0 Å². The third kappa shape index (κ3) is 1.99. The van der Waals surface area contributed by atoms with Crippen LogP contribution in [0.25, 0.3) is 0 Å². The summed E-state index contributed by atoms with van der Waals surface area (Å²) in [6.07, 6.45) is 0. The SMILES string of the molecule is N#Cc1ccc(CN2C(=O)NC(=O)C2=O)cc1. The summed E-state index contributed by atoms with van der Waals surface area (Å²) >= 11 is 0. The lowest BCUT2D eigenvalue weighted by Gasteiger charge is -2.10. The molecule has 6 heteroatoms. The third-order valence-corrected chi connectivity index (χ3v) is 2.33. The Morgan fingerprint density at radius 2 is 1.82 bits per heavy atom. The highest BCUT2D eigenvalue weighted by Crippen LogP contribution is 2.10. The maximum absolute atomic E-state index is 11.3. The normalized spacial score (nSPS) is 14.8. The zero-order valence-electron chi connectivity index (χ0n) is 8.64. The zero-order chi connectivity index (χ0) is 12.4. The van der Waals surface area contributed by atoms with Crippen LogP contribution in [0.2, 0.25) is 0 Å². The summed E-state index contributed by atoms with van der Waals surface area (Å²) in [4.78, 5) is 34.3. The molecule has 17 heavy (non-hydrogen) atoms. The first-order valence-electron chi connectivity index (χ1n) is 4.77. The number of benzene rings is 1. The average molecular weight is 229 g/mol. The first kappa shape index (κ1) is 10.8. The van der Waals surface area contributed by atoms with Crippen LogP contribution in [0.15, 0.2) is 24.3 Å². The summed E-state index contributed by atoms with van der Waals surface area (Å²) in [5.74, 6) is -1.77. The molecule has 1 aromatic carbocycles. The van der Waals surface area contributed by atoms with Gasteiger partial charge in [0.25, 0.3) is 0 Å². The van der Waals surface area contributed by atoms with E-state index in [2.05, 4.69) is 0 Å². The molecule has 1 saturated heterocycles. The van der Waals surface area contributed by atoms with E-state index in [0.717, 1.165) is 4.90 Å². The molecule has 0 unspecified atom stereocenters. The molecule has 4 amide bonds. The molecule has 0 bridgehead atoms. The second-order valence-electron chi connectivity index (χ2n) is 3.46. The fourth-order valence-electron chi connectivity index (χ4n) is 1.44. The van der Waals surface area contributed by atoms with Crippen molar-refractivity contribution in [3.63, 3.8) is 0 Å². The Bertz CT molecular complexity index is 542. The molecule has 0 radical (unpaired) electrons. The fraction of sp³-hybridized carbons (Fsp3) is 0.0909. The lowest BCUT2D eigenvalue weighted by molar-refractivity contribution is -0.140. The first-order valence-corrected chi connectivity index (χ1v) is 4.77. The van der Waals surface area contributed by atoms with Crippen molar-refractivity contribution >= 4 is 17.8 Å². The number of urea groups is 1. The lowest BCUT2D eigenvalue weighted by Crippen LogP contribution is -2.30. The van der Waals surface area contributed by atoms with E-state index in [4.69, 9.17) is 5.26 Å². The van der Waals surface area contributed by atoms with Gasteiger partial charge < -0.3 is 0 Å². The average Bonchev–Trinajstić information content (AvgIpc) is 2.57. The Morgan fingerprint density at radius 1 is 1.18 bits per heavy atom. The van der Waals surface area contributed by atoms with Gasteiger partial charge in [-0.2, -0.15) is 5.26 Å². The highest BCUT2D eigenvalue weighted by Gasteiger charge is 2.36. The molecule has 84 valence electrons. The van der Waals surface area contributed by atoms with Crippen LogP contribution in [0.3, 0.4) is 0 Å². The second-order valence-corrected chi connectivity index (χ2v) is 3.46. The van der Waals surface area contributed by atoms with Crippen molar-refractivity contribution in [1.29, 1.82) is 5.26 Å². The van der Waals surface area contributed by atoms with Gasteiger partial charge in [-0.15, -0.1) is 0 Å². The Balaban J connectivity index is 2.16. The summed E-state index contributed by atoms with van der Waals surface area (Å²) in [7, 11) is 0. The maximum Gasteiger partial charge on any atom is 0.331 e. The van der Waals surface area contributed by atoms with Gasteiger partial charge in [0.05, 0.1) is 18.2 Å². The summed E-state index contributed by atoms with van der Waals surface area (Å²) in [6, 6.07) is 7.65. The molecule has 1 N–H and O–H groups in total. The Kier molecular flexibility index (Phi) is 2.58. The number of hydrogen-bond acceptors (Lipinski definition) is 4. The van der Waals surface area contributed by atoms with Gasteiger partial charge in [-0.1, -0.05) is 12.1 Å². The number of hydrogen-bond donors (Lipinski definition) is 1. The van der Waals surface area contributed by atoms with Crippen LogP contribution >= 0.6 is 0 Å². The van der Waals surface area contributed by atoms with E-state index < -0.39 is 17.8 Å². The van der Waals surface area contributed by atoms with E-state index in [1.807, 2.05) is 11.4 Å². The van der Waals surface area contributed by atoms with Crippen LogP contribution in [0.5, 0.6) is 0 Å². The monoisotopic (exact) mass is 229 g/mol. The maximum atomic E-state index is 11.3. The topological polar surface area (TPSA) is 90.3 Å². The molecule has 1 fully saturated rings. The number of nitrogens with zero attached hydrogens (tertiary/aromatic N) is 2. The molecule has 1 heterocycles. The minimum atomic E-state index is -0.913. The standard InChI is InChI=1S/C11H7N3O3/c12-5-7-1-3-8(4-2-7)6-14-10(16)9(15)13-11(14)17/h1-4H,6H2,(H,13,15,17). The number of nitrogens with one attached hydrogen (secondary N) is 1. The van der Waals surface area contributed by atoms with Crippen molar-refractivity contribution in [3.8, 4) is 6.07 Å². The molecule has 0 aromatic heterocycles. The quantitative estimate of drug-likeness (QED) is 0.576. The molecule has 1 aromatic rings. The van der Waals surface area contributed by atoms with Gasteiger partial charge in [-0.3, -0.25) is 19.8 Å². The van der Waals surface area contributed by atoms with Gasteiger partial charge in [-0.25, -0.2) is 4.79 Å². The van der Waals surface area contributed by atoms with Gasteiger partial charge in [0.1, 0.15) is 0 Å². The zero-order valence-corrected chi connectivity index (χ0v) is 8.64. The number of amides is 4. The van der Waals surface area contributed by atoms with Crippen molar-refractivity contribution in [2.75, 3.05) is 0 Å². The number of carbonyl (C=O) groups is 3. The predicted molar refractivity (Wildman–Crippen MR) is 55.2 cm³/mol. The number of carbonyl (C=O) groups excluding carboxylic acids is 3. The van der Waals surface area contributed by atoms with E-state index >= 15 is 0 Å². The van der Waals surface area contributed by atoms with Gasteiger partial charge >= 0.3 is 17.8 Å². The van der Waals surface area contributed by atoms with Crippen LogP contribution in [0.4, 0.5) is 4.79 Å². The lowest BCUT2D eigenvalue weighted by atomic mass is 10.1. The van der Waals surface area contributed by atoms with E-state index in [-0.39, 0.29) is 6.54 Å². The Hall–Kier alpha value is -2.68. The van der Waals surface area contributed by atoms with E-state index in [1.165, 1.54) is 0 Å². The van der Waals surface area contributed by atoms with Crippen LogP contribution in [-0.4, -0.2) is 22.7 Å². The molecule has 0 saturated carbocycles. The van der Waals surface area contributed by atoms with E-state index in [9.17, 15) is 14.4 Å². The van der Waals surface area contributed by atoms with Crippen LogP contribution in [0.1, 0.15) is 11.1 Å². The summed E-state index contributed by atoms with van der Waals surface area (Å²) in [6.45, 7) is 0.0160. The number of nitriles is 1. The Labute approximate surface area is 96.4 Å². The molecule has 0 spiro atoms. The van der Waals surface area contributed by atoms with Gasteiger partial charge in [-0.05, 0) is 17.7 Å². The molecule has 6 nitrogen and oxygen atoms in total. The van der Waals surface area contributed by atoms with Gasteiger partial charge in [0.2, 0.25) is 0 Å². The van der Waals surface area contributed by atoms with Crippen LogP contribution < -0.4 is 5.32 Å². The highest BCUT2D eigenvalue weighted by molar-refractivity contribution is 6.44. The molecule has 1 aliphatic rings. The van der Waals surface area contributed by atoms with Crippen LogP contribution in [0, 0.1) is 11.3 Å². The summed E-state index contributed by atoms with van der Waals surface area (Å²) < 4.78 is 0. The van der Waals surface area contributed by atoms with Crippen molar-refractivity contribution in [1.82, 2.24) is 10.2 Å². The minimum Gasteiger partial charge on any atom is -0.269 e. The minimum absolute atomic E-state index is 0.0160. The van der Waals surface area contributed by atoms with Crippen LogP contribution in [-0.2, 0) is 16.1 Å². The van der Waals surface area contributed by atoms with E-state index in [0.29, 0.717) is 11.1 Å². The first-order chi connectivity index (χ1) is 8.11. The molecule has 1 aliphatic heterocycles. The van der Waals surface area contributed by atoms with Crippen molar-refractivity contribution in [3.05, 3.63) is 35.4 Å². The highest BCUT2D eigenvalue weighted by atomic mass is 16.2. The molecular weight excluding hydrogens is 222 g/mol. The van der Waals surface area contributed by atoms with Crippen molar-refractivity contribution in [2.45, 2.75) is 6.54 Å². The fourth-order valence-corrected chi connectivity index (χ4v) is 1.44. The smallest absolute Gasteiger partial charge is 0.269 e. The largest absolute Gasteiger partial charge is 0.331 e. The summed E-state index contributed by atoms with van der Waals surface area (Å²) in [5.41, 5.74) is 1.16. The van der Waals surface area contributed by atoms with E-state index in [1.54, 1.807) is 24.3 Å². The van der Waals surface area contributed by atoms with Crippen molar-refractivity contribution < 1.29 is 14.4 Å². The second kappa shape index (κ2) is 4.06. The van der Waals surface area contributed by atoms with Crippen molar-refractivity contribution in [2.24, 2.45) is 0 Å². The summed E-state index contributed by atoms with van der Waals surface area (Å²) in [5, 5.41) is 10.5. The molecule has 2 rings (SSSR count). The predicted octanol–water partition coefficient (Wildman–Crippen LogP) is 0.137. The molecule has 0 aliphatic carbocycles. The third-order valence-electron chi connectivity index (χ3n) is 2.33. The molecule has 0 atom stereocenters. The number of rotatable bonds is 2.